The van der Waals surface area contributed by atoms with Gasteiger partial charge in [-0.1, -0.05) is 6.92 Å². The van der Waals surface area contributed by atoms with Gasteiger partial charge in [0.2, 0.25) is 0 Å². The lowest BCUT2D eigenvalue weighted by Crippen LogP contribution is -2.45. The molecular weight excluding hydrogens is 338 g/mol. The summed E-state index contributed by atoms with van der Waals surface area (Å²) in [6, 6.07) is 8.29. The van der Waals surface area contributed by atoms with Gasteiger partial charge in [-0.15, -0.1) is 0 Å². The van der Waals surface area contributed by atoms with Crippen LogP contribution in [0.2, 0.25) is 0 Å². The summed E-state index contributed by atoms with van der Waals surface area (Å²) in [6.07, 6.45) is 6.60. The van der Waals surface area contributed by atoms with Gasteiger partial charge in [-0.2, -0.15) is 0 Å². The van der Waals surface area contributed by atoms with Crippen molar-refractivity contribution in [2.45, 2.75) is 45.1 Å². The van der Waals surface area contributed by atoms with Gasteiger partial charge in [-0.25, -0.2) is 9.97 Å². The monoisotopic (exact) mass is 365 g/mol. The lowest BCUT2D eigenvalue weighted by molar-refractivity contribution is 0.0931. The summed E-state index contributed by atoms with van der Waals surface area (Å²) in [5.74, 6) is 1.03. The minimum Gasteiger partial charge on any atom is -0.385 e. The van der Waals surface area contributed by atoms with E-state index in [1.807, 2.05) is 18.2 Å². The molecule has 2 aliphatic rings. The molecule has 2 aliphatic heterocycles. The quantitative estimate of drug-likeness (QED) is 0.872. The fraction of sp³-hybridized carbons (Fsp3) is 0.476. The average Bonchev–Trinajstić information content (AvgIpc) is 2.74. The van der Waals surface area contributed by atoms with E-state index >= 15 is 0 Å². The highest BCUT2D eigenvalue weighted by Crippen LogP contribution is 2.23. The standard InChI is InChI=1S/C21H27N5O/c1-2-17-13-20(24-14-23-17)26-10-7-18(8-11-26)25-21(27)16-5-6-19-15(12-16)4-3-9-22-19/h5-6,12-14,18,22H,2-4,7-11H2,1H3,(H,25,27). The number of hydrogen-bond acceptors (Lipinski definition) is 5. The van der Waals surface area contributed by atoms with Crippen molar-refractivity contribution >= 4 is 17.4 Å². The van der Waals surface area contributed by atoms with Crippen LogP contribution < -0.4 is 15.5 Å². The number of hydrogen-bond donors (Lipinski definition) is 2. The third kappa shape index (κ3) is 4.04. The number of carbonyl (C=O) groups excluding carboxylic acids is 1. The van der Waals surface area contributed by atoms with Crippen LogP contribution in [0.4, 0.5) is 11.5 Å². The van der Waals surface area contributed by atoms with Gasteiger partial charge in [0, 0.05) is 48.7 Å². The van der Waals surface area contributed by atoms with Crippen LogP contribution in [0.1, 0.15) is 47.8 Å². The first-order chi connectivity index (χ1) is 13.2. The number of nitrogens with zero attached hydrogens (tertiary/aromatic N) is 3. The molecule has 142 valence electrons. The van der Waals surface area contributed by atoms with Crippen molar-refractivity contribution in [2.24, 2.45) is 0 Å². The van der Waals surface area contributed by atoms with Crippen molar-refractivity contribution in [2.75, 3.05) is 29.9 Å². The van der Waals surface area contributed by atoms with Crippen LogP contribution in [0.15, 0.2) is 30.6 Å². The highest BCUT2D eigenvalue weighted by molar-refractivity contribution is 5.95. The average molecular weight is 365 g/mol. The number of amides is 1. The molecule has 1 aromatic heterocycles. The summed E-state index contributed by atoms with van der Waals surface area (Å²) in [7, 11) is 0. The smallest absolute Gasteiger partial charge is 0.251 e. The Labute approximate surface area is 160 Å². The van der Waals surface area contributed by atoms with Gasteiger partial charge >= 0.3 is 0 Å². The van der Waals surface area contributed by atoms with Crippen LogP contribution >= 0.6 is 0 Å². The molecule has 1 saturated heterocycles. The Morgan fingerprint density at radius 1 is 1.26 bits per heavy atom. The summed E-state index contributed by atoms with van der Waals surface area (Å²) in [5, 5.41) is 6.61. The fourth-order valence-electron chi connectivity index (χ4n) is 3.89. The van der Waals surface area contributed by atoms with Gasteiger partial charge in [-0.05, 0) is 55.9 Å². The summed E-state index contributed by atoms with van der Waals surface area (Å²) in [6.45, 7) is 4.92. The molecule has 1 amide bonds. The van der Waals surface area contributed by atoms with E-state index in [0.717, 1.165) is 68.8 Å². The number of benzene rings is 1. The molecule has 1 fully saturated rings. The Morgan fingerprint density at radius 3 is 2.93 bits per heavy atom. The summed E-state index contributed by atoms with van der Waals surface area (Å²) in [4.78, 5) is 23.6. The zero-order valence-corrected chi connectivity index (χ0v) is 15.9. The molecule has 3 heterocycles. The number of aromatic nitrogens is 2. The predicted octanol–water partition coefficient (Wildman–Crippen LogP) is 2.80. The second-order valence-corrected chi connectivity index (χ2v) is 7.36. The molecule has 0 radical (unpaired) electrons. The van der Waals surface area contributed by atoms with Crippen LogP contribution in [0, 0.1) is 0 Å². The van der Waals surface area contributed by atoms with E-state index in [2.05, 4.69) is 38.5 Å². The first-order valence-corrected chi connectivity index (χ1v) is 9.96. The molecule has 27 heavy (non-hydrogen) atoms. The molecule has 0 bridgehead atoms. The topological polar surface area (TPSA) is 70.2 Å². The molecule has 6 nitrogen and oxygen atoms in total. The number of carbonyl (C=O) groups is 1. The molecule has 0 aliphatic carbocycles. The molecule has 0 unspecified atom stereocenters. The van der Waals surface area contributed by atoms with Crippen LogP contribution in [-0.2, 0) is 12.8 Å². The number of aryl methyl sites for hydroxylation is 2. The third-order valence-electron chi connectivity index (χ3n) is 5.53. The molecule has 0 saturated carbocycles. The number of rotatable bonds is 4. The minimum absolute atomic E-state index is 0.0390. The SMILES string of the molecule is CCc1cc(N2CCC(NC(=O)c3ccc4c(c3)CCCN4)CC2)ncn1. The van der Waals surface area contributed by atoms with E-state index in [1.165, 1.54) is 11.3 Å². The van der Waals surface area contributed by atoms with Gasteiger partial charge in [0.15, 0.2) is 0 Å². The Morgan fingerprint density at radius 2 is 2.11 bits per heavy atom. The Balaban J connectivity index is 1.34. The van der Waals surface area contributed by atoms with Crippen molar-refractivity contribution in [3.63, 3.8) is 0 Å². The molecule has 0 spiro atoms. The first kappa shape index (κ1) is 17.8. The maximum absolute atomic E-state index is 12.7. The van der Waals surface area contributed by atoms with Crippen molar-refractivity contribution in [1.82, 2.24) is 15.3 Å². The highest BCUT2D eigenvalue weighted by Gasteiger charge is 2.22. The zero-order valence-electron chi connectivity index (χ0n) is 15.9. The molecule has 1 aromatic carbocycles. The number of nitrogens with one attached hydrogen (secondary N) is 2. The molecule has 0 atom stereocenters. The van der Waals surface area contributed by atoms with E-state index in [1.54, 1.807) is 6.33 Å². The van der Waals surface area contributed by atoms with Crippen LogP contribution in [0.3, 0.4) is 0 Å². The Bertz CT molecular complexity index is 814. The molecule has 4 rings (SSSR count). The normalized spacial score (nSPS) is 17.1. The van der Waals surface area contributed by atoms with Gasteiger partial charge in [0.25, 0.3) is 5.91 Å². The van der Waals surface area contributed by atoms with Gasteiger partial charge in [0.05, 0.1) is 0 Å². The molecular formula is C21H27N5O. The summed E-state index contributed by atoms with van der Waals surface area (Å²) < 4.78 is 0. The van der Waals surface area contributed by atoms with Crippen molar-refractivity contribution in [1.29, 1.82) is 0 Å². The van der Waals surface area contributed by atoms with E-state index in [-0.39, 0.29) is 11.9 Å². The molecule has 2 aromatic rings. The second kappa shape index (κ2) is 7.94. The van der Waals surface area contributed by atoms with Crippen molar-refractivity contribution in [3.8, 4) is 0 Å². The van der Waals surface area contributed by atoms with Gasteiger partial charge in [0.1, 0.15) is 12.1 Å². The van der Waals surface area contributed by atoms with Gasteiger partial charge < -0.3 is 15.5 Å². The minimum atomic E-state index is 0.0390. The summed E-state index contributed by atoms with van der Waals surface area (Å²) >= 11 is 0. The zero-order chi connectivity index (χ0) is 18.6. The molecule has 6 heteroatoms. The predicted molar refractivity (Wildman–Crippen MR) is 107 cm³/mol. The van der Waals surface area contributed by atoms with E-state index < -0.39 is 0 Å². The van der Waals surface area contributed by atoms with Gasteiger partial charge in [-0.3, -0.25) is 4.79 Å². The molecule has 2 N–H and O–H groups in total. The Hall–Kier alpha value is -2.63. The van der Waals surface area contributed by atoms with Crippen LogP contribution in [0.25, 0.3) is 0 Å². The lowest BCUT2D eigenvalue weighted by atomic mass is 9.99. The number of fused-ring (bicyclic) bond motifs is 1. The lowest BCUT2D eigenvalue weighted by Gasteiger charge is -2.33. The third-order valence-corrected chi connectivity index (χ3v) is 5.53. The maximum atomic E-state index is 12.7. The van der Waals surface area contributed by atoms with Crippen LogP contribution in [0.5, 0.6) is 0 Å². The second-order valence-electron chi connectivity index (χ2n) is 7.36. The first-order valence-electron chi connectivity index (χ1n) is 9.96. The van der Waals surface area contributed by atoms with E-state index in [9.17, 15) is 4.79 Å². The van der Waals surface area contributed by atoms with E-state index in [0.29, 0.717) is 0 Å². The van der Waals surface area contributed by atoms with E-state index in [4.69, 9.17) is 0 Å². The van der Waals surface area contributed by atoms with Crippen molar-refractivity contribution < 1.29 is 4.79 Å². The van der Waals surface area contributed by atoms with Crippen LogP contribution in [-0.4, -0.2) is 41.6 Å². The van der Waals surface area contributed by atoms with Crippen molar-refractivity contribution in [3.05, 3.63) is 47.4 Å². The number of piperidine rings is 1. The highest BCUT2D eigenvalue weighted by atomic mass is 16.1. The Kier molecular flexibility index (Phi) is 5.23. The number of anilines is 2. The summed E-state index contributed by atoms with van der Waals surface area (Å²) in [5.41, 5.74) is 4.25. The maximum Gasteiger partial charge on any atom is 0.251 e. The fourth-order valence-corrected chi connectivity index (χ4v) is 3.89. The largest absolute Gasteiger partial charge is 0.385 e.